The molecule has 2 aromatic carbocycles. The molecule has 0 radical (unpaired) electrons. The van der Waals surface area contributed by atoms with Crippen LogP contribution in [0.25, 0.3) is 0 Å². The lowest BCUT2D eigenvalue weighted by atomic mass is 10.0. The molecule has 39 heavy (non-hydrogen) atoms. The summed E-state index contributed by atoms with van der Waals surface area (Å²) >= 11 is 0. The lowest BCUT2D eigenvalue weighted by Crippen LogP contribution is -2.49. The zero-order chi connectivity index (χ0) is 29.2. The van der Waals surface area contributed by atoms with E-state index in [9.17, 15) is 22.4 Å². The number of carboxylic acid groups (broad SMARTS) is 1. The van der Waals surface area contributed by atoms with Gasteiger partial charge in [0.1, 0.15) is 11.6 Å². The zero-order valence-corrected chi connectivity index (χ0v) is 22.0. The summed E-state index contributed by atoms with van der Waals surface area (Å²) in [6.07, 6.45) is -3.31. The van der Waals surface area contributed by atoms with E-state index in [0.29, 0.717) is 12.1 Å². The second kappa shape index (κ2) is 14.3. The quantitative estimate of drug-likeness (QED) is 0.473. The molecule has 0 unspecified atom stereocenters. The first-order valence-corrected chi connectivity index (χ1v) is 12.3. The number of rotatable bonds is 7. The molecule has 1 aliphatic heterocycles. The summed E-state index contributed by atoms with van der Waals surface area (Å²) in [5, 5.41) is 19.1. The third kappa shape index (κ3) is 10.4. The molecule has 1 heterocycles. The van der Waals surface area contributed by atoms with Crippen LogP contribution in [0.3, 0.4) is 0 Å². The first-order chi connectivity index (χ1) is 18.3. The maximum atomic E-state index is 14.5. The van der Waals surface area contributed by atoms with Crippen LogP contribution in [0.4, 0.5) is 22.4 Å². The maximum absolute atomic E-state index is 14.5. The summed E-state index contributed by atoms with van der Waals surface area (Å²) in [5.74, 6) is -2.43. The van der Waals surface area contributed by atoms with Crippen LogP contribution in [0.15, 0.2) is 42.5 Å². The molecule has 0 saturated carbocycles. The fourth-order valence-electron chi connectivity index (χ4n) is 3.84. The molecule has 1 aliphatic rings. The van der Waals surface area contributed by atoms with Gasteiger partial charge < -0.3 is 25.0 Å². The van der Waals surface area contributed by atoms with Gasteiger partial charge in [0.2, 0.25) is 0 Å². The number of aliphatic carboxylic acids is 1. The molecule has 212 valence electrons. The van der Waals surface area contributed by atoms with Crippen LogP contribution in [0, 0.1) is 17.1 Å². The second-order valence-corrected chi connectivity index (χ2v) is 9.35. The van der Waals surface area contributed by atoms with Crippen LogP contribution < -0.4 is 10.1 Å². The highest BCUT2D eigenvalue weighted by molar-refractivity contribution is 5.74. The van der Waals surface area contributed by atoms with E-state index in [1.54, 1.807) is 17.0 Å². The maximum Gasteiger partial charge on any atom is 0.490 e. The molecule has 0 aliphatic carbocycles. The number of amides is 2. The number of hydrogen-bond donors (Lipinski definition) is 2. The lowest BCUT2D eigenvalue weighted by molar-refractivity contribution is -0.192. The second-order valence-electron chi connectivity index (χ2n) is 9.35. The van der Waals surface area contributed by atoms with E-state index in [4.69, 9.17) is 19.9 Å². The molecule has 3 rings (SSSR count). The average Bonchev–Trinajstić information content (AvgIpc) is 2.87. The molecule has 1 saturated heterocycles. The topological polar surface area (TPSA) is 106 Å². The number of nitriles is 1. The van der Waals surface area contributed by atoms with Crippen molar-refractivity contribution in [1.29, 1.82) is 5.26 Å². The van der Waals surface area contributed by atoms with Gasteiger partial charge in [0.15, 0.2) is 0 Å². The Labute approximate surface area is 224 Å². The van der Waals surface area contributed by atoms with Crippen molar-refractivity contribution in [2.24, 2.45) is 0 Å². The first kappa shape index (κ1) is 31.4. The number of benzene rings is 2. The summed E-state index contributed by atoms with van der Waals surface area (Å²) in [5.41, 5.74) is 1.64. The minimum atomic E-state index is -5.08. The van der Waals surface area contributed by atoms with Gasteiger partial charge in [-0.1, -0.05) is 18.2 Å². The molecule has 0 aromatic heterocycles. The van der Waals surface area contributed by atoms with Gasteiger partial charge in [-0.3, -0.25) is 0 Å². The molecule has 2 N–H and O–H groups in total. The number of nitrogens with zero attached hydrogens (tertiary/aromatic N) is 3. The Balaban J connectivity index is 0.000000673. The molecule has 2 aromatic rings. The van der Waals surface area contributed by atoms with Crippen LogP contribution in [0.1, 0.15) is 43.4 Å². The number of likely N-dealkylation sites (tertiary alicyclic amines) is 1. The van der Waals surface area contributed by atoms with Crippen LogP contribution in [0.2, 0.25) is 0 Å². The average molecular weight is 553 g/mol. The van der Waals surface area contributed by atoms with Gasteiger partial charge in [-0.2, -0.15) is 18.4 Å². The Morgan fingerprint density at radius 2 is 1.77 bits per heavy atom. The van der Waals surface area contributed by atoms with Crippen molar-refractivity contribution in [3.8, 4) is 11.8 Å². The highest BCUT2D eigenvalue weighted by Crippen LogP contribution is 2.21. The number of urea groups is 1. The number of carboxylic acids is 1. The Bertz CT molecular complexity index is 1140. The van der Waals surface area contributed by atoms with Crippen LogP contribution in [-0.4, -0.2) is 65.4 Å². The number of carbonyl (C=O) groups excluding carboxylic acids is 1. The predicted octanol–water partition coefficient (Wildman–Crippen LogP) is 4.92. The summed E-state index contributed by atoms with van der Waals surface area (Å²) in [6, 6.07) is 13.8. The zero-order valence-electron chi connectivity index (χ0n) is 22.0. The van der Waals surface area contributed by atoms with Gasteiger partial charge in [-0.15, -0.1) is 0 Å². The van der Waals surface area contributed by atoms with E-state index in [0.717, 1.165) is 37.2 Å². The molecular weight excluding hydrogens is 520 g/mol. The Hall–Kier alpha value is -3.85. The van der Waals surface area contributed by atoms with Crippen molar-refractivity contribution >= 4 is 12.0 Å². The van der Waals surface area contributed by atoms with Gasteiger partial charge in [0, 0.05) is 18.2 Å². The molecular formula is C27H32F4N4O4. The van der Waals surface area contributed by atoms with Crippen LogP contribution >= 0.6 is 0 Å². The molecule has 0 atom stereocenters. The van der Waals surface area contributed by atoms with Crippen molar-refractivity contribution in [3.05, 3.63) is 65.0 Å². The number of nitrogens with one attached hydrogen (secondary N) is 1. The number of alkyl halides is 3. The minimum absolute atomic E-state index is 0.0306. The minimum Gasteiger partial charge on any atom is -0.491 e. The normalized spacial score (nSPS) is 14.1. The van der Waals surface area contributed by atoms with Gasteiger partial charge in [0.05, 0.1) is 24.3 Å². The monoisotopic (exact) mass is 552 g/mol. The van der Waals surface area contributed by atoms with Crippen LogP contribution in [0.5, 0.6) is 5.75 Å². The predicted molar refractivity (Wildman–Crippen MR) is 135 cm³/mol. The lowest BCUT2D eigenvalue weighted by Gasteiger charge is -2.37. The van der Waals surface area contributed by atoms with E-state index in [1.807, 2.05) is 44.2 Å². The van der Waals surface area contributed by atoms with Crippen molar-refractivity contribution in [2.45, 2.75) is 58.1 Å². The van der Waals surface area contributed by atoms with E-state index in [2.05, 4.69) is 17.3 Å². The fourth-order valence-corrected chi connectivity index (χ4v) is 3.84. The highest BCUT2D eigenvalue weighted by atomic mass is 19.4. The molecule has 0 bridgehead atoms. The van der Waals surface area contributed by atoms with Gasteiger partial charge in [0.25, 0.3) is 0 Å². The van der Waals surface area contributed by atoms with E-state index in [-0.39, 0.29) is 30.3 Å². The third-order valence-corrected chi connectivity index (χ3v) is 5.89. The SMILES string of the molecule is CC(C)Oc1ccc(CNC(=O)N(Cc2ccc(C#N)cc2F)C2CCN(C)CC2)cc1.O=C(O)C(F)(F)F. The largest absolute Gasteiger partial charge is 0.491 e. The summed E-state index contributed by atoms with van der Waals surface area (Å²) in [6.45, 7) is 6.27. The van der Waals surface area contributed by atoms with Crippen LogP contribution in [-0.2, 0) is 17.9 Å². The summed E-state index contributed by atoms with van der Waals surface area (Å²) in [7, 11) is 2.06. The fraction of sp³-hybridized carbons (Fsp3) is 0.444. The smallest absolute Gasteiger partial charge is 0.490 e. The van der Waals surface area contributed by atoms with Crippen molar-refractivity contribution in [2.75, 3.05) is 20.1 Å². The van der Waals surface area contributed by atoms with Crippen molar-refractivity contribution in [1.82, 2.24) is 15.1 Å². The van der Waals surface area contributed by atoms with Gasteiger partial charge >= 0.3 is 18.2 Å². The number of ether oxygens (including phenoxy) is 1. The molecule has 12 heteroatoms. The van der Waals surface area contributed by atoms with Gasteiger partial charge in [-0.25, -0.2) is 14.0 Å². The Kier molecular flexibility index (Phi) is 11.5. The van der Waals surface area contributed by atoms with E-state index in [1.165, 1.54) is 6.07 Å². The third-order valence-electron chi connectivity index (χ3n) is 5.89. The molecule has 0 spiro atoms. The van der Waals surface area contributed by atoms with Crippen molar-refractivity contribution in [3.63, 3.8) is 0 Å². The first-order valence-electron chi connectivity index (χ1n) is 12.3. The van der Waals surface area contributed by atoms with E-state index >= 15 is 0 Å². The van der Waals surface area contributed by atoms with E-state index < -0.39 is 18.0 Å². The summed E-state index contributed by atoms with van der Waals surface area (Å²) in [4.78, 5) is 26.0. The Morgan fingerprint density at radius 1 is 1.18 bits per heavy atom. The Morgan fingerprint density at radius 3 is 2.26 bits per heavy atom. The highest BCUT2D eigenvalue weighted by Gasteiger charge is 2.38. The van der Waals surface area contributed by atoms with Crippen molar-refractivity contribution < 1.29 is 37.0 Å². The van der Waals surface area contributed by atoms with Gasteiger partial charge in [-0.05, 0) is 76.7 Å². The number of halogens is 4. The number of hydrogen-bond acceptors (Lipinski definition) is 5. The molecule has 2 amide bonds. The number of carbonyl (C=O) groups is 2. The number of piperidine rings is 1. The molecule has 1 fully saturated rings. The molecule has 8 nitrogen and oxygen atoms in total. The summed E-state index contributed by atoms with van der Waals surface area (Å²) < 4.78 is 51.9. The standard InChI is InChI=1S/C25H31FN4O2.C2HF3O2/c1-18(2)32-23-8-5-19(6-9-23)16-28-25(31)30(22-10-12-29(3)13-11-22)17-21-7-4-20(15-27)14-24(21)26;3-2(4,5)1(6)7/h4-9,14,18,22H,10-13,16-17H2,1-3H3,(H,28,31);(H,6,7).